The topological polar surface area (TPSA) is 109 Å². The fourth-order valence-corrected chi connectivity index (χ4v) is 7.73. The zero-order valence-electron chi connectivity index (χ0n) is 38.5. The van der Waals surface area contributed by atoms with Crippen molar-refractivity contribution in [3.8, 4) is 0 Å². The van der Waals surface area contributed by atoms with Gasteiger partial charge in [-0.2, -0.15) is 0 Å². The van der Waals surface area contributed by atoms with E-state index in [1.165, 1.54) is 193 Å². The first-order valence-corrected chi connectivity index (χ1v) is 24.8. The van der Waals surface area contributed by atoms with Gasteiger partial charge in [-0.05, 0) is 12.8 Å². The number of carbonyl (C=O) groups is 2. The Morgan fingerprint density at radius 1 is 0.569 bits per heavy atom. The Bertz CT molecular complexity index is 1000. The molecule has 1 heterocycles. The van der Waals surface area contributed by atoms with Crippen molar-refractivity contribution in [1.29, 1.82) is 0 Å². The van der Waals surface area contributed by atoms with Crippen molar-refractivity contribution in [2.45, 2.75) is 232 Å². The van der Waals surface area contributed by atoms with Crippen molar-refractivity contribution in [3.63, 3.8) is 0 Å². The van der Waals surface area contributed by atoms with E-state index >= 15 is 0 Å². The number of esters is 1. The average Bonchev–Trinajstić information content (AvgIpc) is 3.63. The number of imidazole rings is 1. The second-order valence-corrected chi connectivity index (χ2v) is 17.1. The normalized spacial score (nSPS) is 12.0. The Morgan fingerprint density at radius 3 is 1.31 bits per heavy atom. The molecule has 340 valence electrons. The van der Waals surface area contributed by atoms with Crippen LogP contribution in [0.5, 0.6) is 0 Å². The van der Waals surface area contributed by atoms with Crippen molar-refractivity contribution < 1.29 is 23.8 Å². The lowest BCUT2D eigenvalue weighted by Gasteiger charge is -2.23. The Labute approximate surface area is 358 Å². The quantitative estimate of drug-likeness (QED) is 0.0515. The van der Waals surface area contributed by atoms with Gasteiger partial charge in [-0.3, -0.25) is 9.59 Å². The number of aryl methyl sites for hydroxylation is 1. The Kier molecular flexibility index (Phi) is 38.9. The summed E-state index contributed by atoms with van der Waals surface area (Å²) in [5.41, 5.74) is 6.86. The molecule has 1 atom stereocenters. The van der Waals surface area contributed by atoms with Crippen molar-refractivity contribution in [1.82, 2.24) is 14.5 Å². The maximum atomic E-state index is 13.2. The van der Waals surface area contributed by atoms with Crippen LogP contribution in [-0.4, -0.2) is 78.5 Å². The van der Waals surface area contributed by atoms with E-state index in [0.717, 1.165) is 31.6 Å². The van der Waals surface area contributed by atoms with Gasteiger partial charge in [-0.1, -0.05) is 206 Å². The van der Waals surface area contributed by atoms with Crippen LogP contribution in [0.1, 0.15) is 225 Å². The number of hydrogen-bond donors (Lipinski definition) is 1. The number of rotatable bonds is 45. The highest BCUT2D eigenvalue weighted by Crippen LogP contribution is 2.16. The van der Waals surface area contributed by atoms with Crippen LogP contribution in [0.2, 0.25) is 0 Å². The lowest BCUT2D eigenvalue weighted by molar-refractivity contribution is -0.147. The van der Waals surface area contributed by atoms with Crippen LogP contribution in [-0.2, 0) is 37.3 Å². The molecular weight excluding hydrogens is 725 g/mol. The van der Waals surface area contributed by atoms with Crippen molar-refractivity contribution in [2.24, 2.45) is 12.8 Å². The van der Waals surface area contributed by atoms with Gasteiger partial charge < -0.3 is 29.4 Å². The molecule has 0 radical (unpaired) electrons. The lowest BCUT2D eigenvalue weighted by atomic mass is 10.0. The zero-order valence-corrected chi connectivity index (χ0v) is 38.5. The Morgan fingerprint density at radius 2 is 0.931 bits per heavy atom. The smallest absolute Gasteiger partial charge is 0.323 e. The van der Waals surface area contributed by atoms with Crippen molar-refractivity contribution in [3.05, 3.63) is 18.2 Å². The number of carbonyl (C=O) groups excluding carboxylic acids is 2. The minimum absolute atomic E-state index is 0.0817. The third-order valence-electron chi connectivity index (χ3n) is 11.6. The molecule has 1 aromatic rings. The van der Waals surface area contributed by atoms with Gasteiger partial charge in [0, 0.05) is 38.4 Å². The fourth-order valence-electron chi connectivity index (χ4n) is 7.73. The molecule has 0 saturated carbocycles. The predicted octanol–water partition coefficient (Wildman–Crippen LogP) is 12.2. The number of nitrogens with two attached hydrogens (primary N) is 1. The van der Waals surface area contributed by atoms with E-state index in [1.807, 2.05) is 16.5 Å². The Balaban J connectivity index is 2.20. The van der Waals surface area contributed by atoms with E-state index in [0.29, 0.717) is 19.6 Å². The van der Waals surface area contributed by atoms with E-state index in [-0.39, 0.29) is 25.7 Å². The van der Waals surface area contributed by atoms with Gasteiger partial charge in [0.25, 0.3) is 0 Å². The standard InChI is InChI=1S/C49H94N4O5/c1-4-6-8-10-12-14-16-18-20-22-24-26-28-30-32-34-36-53(37-35-33-31-29-27-25-23-21-19-17-15-13-11-9-7-5-2)48(54)44-57-39-38-56-40-41-58-49(55)47(50)42-46-43-51-45-52(46)3/h43,45,47H,4-42,44,50H2,1-3H3. The molecule has 1 unspecified atom stereocenters. The predicted molar refractivity (Wildman–Crippen MR) is 243 cm³/mol. The first-order valence-electron chi connectivity index (χ1n) is 24.8. The van der Waals surface area contributed by atoms with Gasteiger partial charge in [-0.15, -0.1) is 0 Å². The van der Waals surface area contributed by atoms with Crippen LogP contribution in [0.15, 0.2) is 12.5 Å². The molecule has 0 bridgehead atoms. The van der Waals surface area contributed by atoms with E-state index in [4.69, 9.17) is 19.9 Å². The van der Waals surface area contributed by atoms with Crippen molar-refractivity contribution in [2.75, 3.05) is 46.1 Å². The van der Waals surface area contributed by atoms with Crippen LogP contribution < -0.4 is 5.73 Å². The van der Waals surface area contributed by atoms with Gasteiger partial charge in [0.1, 0.15) is 19.3 Å². The molecule has 0 saturated heterocycles. The molecule has 0 fully saturated rings. The third-order valence-corrected chi connectivity index (χ3v) is 11.6. The average molecular weight is 819 g/mol. The number of ether oxygens (including phenoxy) is 3. The number of hydrogen-bond acceptors (Lipinski definition) is 7. The highest BCUT2D eigenvalue weighted by molar-refractivity contribution is 5.77. The summed E-state index contributed by atoms with van der Waals surface area (Å²) in [6, 6.07) is -0.744. The molecule has 9 nitrogen and oxygen atoms in total. The molecule has 0 aromatic carbocycles. The molecule has 1 amide bonds. The molecule has 2 N–H and O–H groups in total. The number of aromatic nitrogens is 2. The molecule has 1 rings (SSSR count). The first-order chi connectivity index (χ1) is 28.5. The van der Waals surface area contributed by atoms with Crippen molar-refractivity contribution >= 4 is 11.9 Å². The highest BCUT2D eigenvalue weighted by Gasteiger charge is 2.17. The zero-order chi connectivity index (χ0) is 42.0. The lowest BCUT2D eigenvalue weighted by Crippen LogP contribution is -2.36. The minimum Gasteiger partial charge on any atom is -0.462 e. The second-order valence-electron chi connectivity index (χ2n) is 17.1. The molecule has 0 aliphatic heterocycles. The van der Waals surface area contributed by atoms with Gasteiger partial charge >= 0.3 is 5.97 Å². The summed E-state index contributed by atoms with van der Waals surface area (Å²) in [6.45, 7) is 7.35. The maximum absolute atomic E-state index is 13.2. The fraction of sp³-hybridized carbons (Fsp3) is 0.898. The highest BCUT2D eigenvalue weighted by atomic mass is 16.6. The summed E-state index contributed by atoms with van der Waals surface area (Å²) in [5, 5.41) is 0. The SMILES string of the molecule is CCCCCCCCCCCCCCCCCCN(CCCCCCCCCCCCCCCCCC)C(=O)COCCOCCOC(=O)C(N)Cc1cncn1C. The molecule has 9 heteroatoms. The number of unbranched alkanes of at least 4 members (excludes halogenated alkanes) is 30. The van der Waals surface area contributed by atoms with E-state index in [2.05, 4.69) is 18.8 Å². The van der Waals surface area contributed by atoms with E-state index in [1.54, 1.807) is 12.5 Å². The third kappa shape index (κ3) is 33.8. The molecule has 0 spiro atoms. The molecular formula is C49H94N4O5. The summed E-state index contributed by atoms with van der Waals surface area (Å²) in [5.74, 6) is -0.376. The molecule has 1 aromatic heterocycles. The molecule has 0 aliphatic rings. The van der Waals surface area contributed by atoms with Gasteiger partial charge in [0.05, 0.1) is 26.1 Å². The van der Waals surface area contributed by atoms with Crippen LogP contribution in [0.4, 0.5) is 0 Å². The van der Waals surface area contributed by atoms with Crippen LogP contribution in [0.25, 0.3) is 0 Å². The van der Waals surface area contributed by atoms with Gasteiger partial charge in [0.15, 0.2) is 0 Å². The molecule has 0 aliphatic carbocycles. The van der Waals surface area contributed by atoms with E-state index < -0.39 is 12.0 Å². The summed E-state index contributed by atoms with van der Waals surface area (Å²) < 4.78 is 18.4. The van der Waals surface area contributed by atoms with Gasteiger partial charge in [-0.25, -0.2) is 4.98 Å². The minimum atomic E-state index is -0.744. The maximum Gasteiger partial charge on any atom is 0.323 e. The number of amides is 1. The van der Waals surface area contributed by atoms with Crippen LogP contribution in [0.3, 0.4) is 0 Å². The summed E-state index contributed by atoms with van der Waals surface area (Å²) in [7, 11) is 1.87. The molecule has 58 heavy (non-hydrogen) atoms. The van der Waals surface area contributed by atoms with Crippen LogP contribution >= 0.6 is 0 Å². The first kappa shape index (κ1) is 54.0. The Hall–Kier alpha value is -1.97. The summed E-state index contributed by atoms with van der Waals surface area (Å²) >= 11 is 0. The van der Waals surface area contributed by atoms with Gasteiger partial charge in [0.2, 0.25) is 5.91 Å². The van der Waals surface area contributed by atoms with Crippen LogP contribution in [0, 0.1) is 0 Å². The summed E-state index contributed by atoms with van der Waals surface area (Å²) in [4.78, 5) is 31.5. The largest absolute Gasteiger partial charge is 0.462 e. The second kappa shape index (κ2) is 41.8. The monoisotopic (exact) mass is 819 g/mol. The van der Waals surface area contributed by atoms with E-state index in [9.17, 15) is 9.59 Å². The number of nitrogens with zero attached hydrogens (tertiary/aromatic N) is 3. The summed E-state index contributed by atoms with van der Waals surface area (Å²) in [6.07, 6.45) is 46.9.